The highest BCUT2D eigenvalue weighted by molar-refractivity contribution is 5.81. The van der Waals surface area contributed by atoms with Crippen molar-refractivity contribution in [3.63, 3.8) is 0 Å². The number of hydrogen-bond acceptors (Lipinski definition) is 3. The molecule has 0 unspecified atom stereocenters. The molecule has 0 radical (unpaired) electrons. The molecule has 0 saturated heterocycles. The largest absolute Gasteiger partial charge is 0.493 e. The Morgan fingerprint density at radius 3 is 2.52 bits per heavy atom. The number of halogens is 3. The Kier molecular flexibility index (Phi) is 4.26. The number of alkyl halides is 3. The van der Waals surface area contributed by atoms with Crippen molar-refractivity contribution in [1.29, 1.82) is 0 Å². The van der Waals surface area contributed by atoms with Gasteiger partial charge in [-0.05, 0) is 31.2 Å². The van der Waals surface area contributed by atoms with Crippen molar-refractivity contribution in [3.05, 3.63) is 47.8 Å². The maximum absolute atomic E-state index is 12.5. The SMILES string of the molecule is CCOc1ccc(C=O)cc1-c1ccc(C(F)(F)F)nc1. The van der Waals surface area contributed by atoms with Crippen molar-refractivity contribution in [1.82, 2.24) is 4.98 Å². The van der Waals surface area contributed by atoms with Gasteiger partial charge in [0.05, 0.1) is 6.61 Å². The lowest BCUT2D eigenvalue weighted by Gasteiger charge is -2.12. The van der Waals surface area contributed by atoms with E-state index in [0.717, 1.165) is 12.3 Å². The van der Waals surface area contributed by atoms with E-state index in [1.165, 1.54) is 6.07 Å². The van der Waals surface area contributed by atoms with Crippen LogP contribution in [-0.2, 0) is 6.18 Å². The molecule has 0 bridgehead atoms. The lowest BCUT2D eigenvalue weighted by Crippen LogP contribution is -2.07. The first-order valence-electron chi connectivity index (χ1n) is 6.21. The number of rotatable bonds is 4. The fourth-order valence-corrected chi connectivity index (χ4v) is 1.85. The van der Waals surface area contributed by atoms with Gasteiger partial charge < -0.3 is 4.74 Å². The molecule has 0 amide bonds. The van der Waals surface area contributed by atoms with Crippen molar-refractivity contribution in [2.45, 2.75) is 13.1 Å². The van der Waals surface area contributed by atoms with Crippen LogP contribution >= 0.6 is 0 Å². The second-order valence-corrected chi connectivity index (χ2v) is 4.24. The van der Waals surface area contributed by atoms with Crippen LogP contribution in [0, 0.1) is 0 Å². The van der Waals surface area contributed by atoms with E-state index in [-0.39, 0.29) is 0 Å². The van der Waals surface area contributed by atoms with Crippen LogP contribution in [0.3, 0.4) is 0 Å². The summed E-state index contributed by atoms with van der Waals surface area (Å²) in [6.45, 7) is 2.20. The number of aldehydes is 1. The summed E-state index contributed by atoms with van der Waals surface area (Å²) in [7, 11) is 0. The fraction of sp³-hybridized carbons (Fsp3) is 0.200. The van der Waals surface area contributed by atoms with E-state index in [1.54, 1.807) is 25.1 Å². The molecule has 110 valence electrons. The molecule has 2 rings (SSSR count). The van der Waals surface area contributed by atoms with E-state index >= 15 is 0 Å². The molecule has 1 aromatic heterocycles. The molecule has 2 aromatic rings. The number of carbonyl (C=O) groups is 1. The van der Waals surface area contributed by atoms with Gasteiger partial charge in [0.1, 0.15) is 17.7 Å². The minimum Gasteiger partial charge on any atom is -0.493 e. The number of nitrogens with zero attached hydrogens (tertiary/aromatic N) is 1. The molecule has 1 aromatic carbocycles. The Bertz CT molecular complexity index is 636. The summed E-state index contributed by atoms with van der Waals surface area (Å²) in [5, 5.41) is 0. The van der Waals surface area contributed by atoms with Gasteiger partial charge in [-0.2, -0.15) is 13.2 Å². The summed E-state index contributed by atoms with van der Waals surface area (Å²) >= 11 is 0. The van der Waals surface area contributed by atoms with Gasteiger partial charge in [-0.1, -0.05) is 6.07 Å². The predicted octanol–water partition coefficient (Wildman–Crippen LogP) is 3.98. The number of carbonyl (C=O) groups excluding carboxylic acids is 1. The van der Waals surface area contributed by atoms with E-state index in [1.807, 2.05) is 0 Å². The monoisotopic (exact) mass is 295 g/mol. The van der Waals surface area contributed by atoms with Crippen molar-refractivity contribution in [3.8, 4) is 16.9 Å². The van der Waals surface area contributed by atoms with Crippen LogP contribution in [0.5, 0.6) is 5.75 Å². The van der Waals surface area contributed by atoms with Crippen LogP contribution in [0.4, 0.5) is 13.2 Å². The maximum atomic E-state index is 12.5. The highest BCUT2D eigenvalue weighted by Gasteiger charge is 2.32. The van der Waals surface area contributed by atoms with Crippen LogP contribution < -0.4 is 4.74 Å². The summed E-state index contributed by atoms with van der Waals surface area (Å²) in [5.41, 5.74) is 0.432. The highest BCUT2D eigenvalue weighted by atomic mass is 19.4. The second kappa shape index (κ2) is 5.95. The molecule has 0 spiro atoms. The second-order valence-electron chi connectivity index (χ2n) is 4.24. The topological polar surface area (TPSA) is 39.2 Å². The first kappa shape index (κ1) is 15.0. The highest BCUT2D eigenvalue weighted by Crippen LogP contribution is 2.33. The molecule has 1 heterocycles. The summed E-state index contributed by atoms with van der Waals surface area (Å²) in [5.74, 6) is 0.490. The zero-order valence-corrected chi connectivity index (χ0v) is 11.1. The summed E-state index contributed by atoms with van der Waals surface area (Å²) in [4.78, 5) is 14.3. The van der Waals surface area contributed by atoms with E-state index in [9.17, 15) is 18.0 Å². The van der Waals surface area contributed by atoms with Gasteiger partial charge in [0.25, 0.3) is 0 Å². The van der Waals surface area contributed by atoms with Crippen LogP contribution in [0.2, 0.25) is 0 Å². The molecule has 6 heteroatoms. The molecule has 0 aliphatic carbocycles. The zero-order valence-electron chi connectivity index (χ0n) is 11.1. The Morgan fingerprint density at radius 1 is 1.24 bits per heavy atom. The minimum absolute atomic E-state index is 0.404. The third-order valence-corrected chi connectivity index (χ3v) is 2.80. The molecule has 21 heavy (non-hydrogen) atoms. The van der Waals surface area contributed by atoms with E-state index in [4.69, 9.17) is 4.74 Å². The number of ether oxygens (including phenoxy) is 1. The van der Waals surface area contributed by atoms with Crippen molar-refractivity contribution in [2.75, 3.05) is 6.61 Å². The normalized spacial score (nSPS) is 11.2. The minimum atomic E-state index is -4.48. The quantitative estimate of drug-likeness (QED) is 0.801. The first-order chi connectivity index (χ1) is 9.95. The maximum Gasteiger partial charge on any atom is 0.433 e. The molecule has 0 atom stereocenters. The van der Waals surface area contributed by atoms with Gasteiger partial charge >= 0.3 is 6.18 Å². The first-order valence-corrected chi connectivity index (χ1v) is 6.21. The number of hydrogen-bond donors (Lipinski definition) is 0. The van der Waals surface area contributed by atoms with Crippen molar-refractivity contribution >= 4 is 6.29 Å². The van der Waals surface area contributed by atoms with Crippen molar-refractivity contribution < 1.29 is 22.7 Å². The Hall–Kier alpha value is -2.37. The lowest BCUT2D eigenvalue weighted by molar-refractivity contribution is -0.141. The molecule has 0 fully saturated rings. The van der Waals surface area contributed by atoms with Crippen LogP contribution in [0.1, 0.15) is 23.0 Å². The molecule has 3 nitrogen and oxygen atoms in total. The molecular formula is C15H12F3NO2. The van der Waals surface area contributed by atoms with Crippen molar-refractivity contribution in [2.24, 2.45) is 0 Å². The predicted molar refractivity (Wildman–Crippen MR) is 71.2 cm³/mol. The Morgan fingerprint density at radius 2 is 2.00 bits per heavy atom. The van der Waals surface area contributed by atoms with E-state index in [2.05, 4.69) is 4.98 Å². The zero-order chi connectivity index (χ0) is 15.5. The molecule has 0 N–H and O–H groups in total. The number of pyridine rings is 1. The summed E-state index contributed by atoms with van der Waals surface area (Å²) < 4.78 is 42.9. The Balaban J connectivity index is 2.46. The number of aromatic nitrogens is 1. The molecular weight excluding hydrogens is 283 g/mol. The van der Waals surface area contributed by atoms with Gasteiger partial charge in [-0.15, -0.1) is 0 Å². The summed E-state index contributed by atoms with van der Waals surface area (Å²) in [6, 6.07) is 6.96. The average Bonchev–Trinajstić information content (AvgIpc) is 2.47. The van der Waals surface area contributed by atoms with Gasteiger partial charge in [0.15, 0.2) is 0 Å². The standard InChI is InChI=1S/C15H12F3NO2/c1-2-21-13-5-3-10(9-20)7-12(13)11-4-6-14(19-8-11)15(16,17)18/h3-9H,2H2,1H3. The molecule has 0 aliphatic heterocycles. The number of benzene rings is 1. The van der Waals surface area contributed by atoms with Gasteiger partial charge in [0.2, 0.25) is 0 Å². The third kappa shape index (κ3) is 3.39. The van der Waals surface area contributed by atoms with Crippen LogP contribution in [0.25, 0.3) is 11.1 Å². The van der Waals surface area contributed by atoms with Crippen LogP contribution in [0.15, 0.2) is 36.5 Å². The Labute approximate surface area is 119 Å². The summed E-state index contributed by atoms with van der Waals surface area (Å²) in [6.07, 6.45) is -2.70. The third-order valence-electron chi connectivity index (χ3n) is 2.80. The van der Waals surface area contributed by atoms with E-state index < -0.39 is 11.9 Å². The molecule has 0 aliphatic rings. The molecule has 0 saturated carbocycles. The average molecular weight is 295 g/mol. The van der Waals surface area contributed by atoms with Gasteiger partial charge in [-0.3, -0.25) is 9.78 Å². The van der Waals surface area contributed by atoms with Crippen LogP contribution in [-0.4, -0.2) is 17.9 Å². The lowest BCUT2D eigenvalue weighted by atomic mass is 10.0. The van der Waals surface area contributed by atoms with E-state index in [0.29, 0.717) is 35.3 Å². The van der Waals surface area contributed by atoms with Gasteiger partial charge in [-0.25, -0.2) is 0 Å². The fourth-order valence-electron chi connectivity index (χ4n) is 1.85. The smallest absolute Gasteiger partial charge is 0.433 e. The van der Waals surface area contributed by atoms with Gasteiger partial charge in [0, 0.05) is 22.9 Å².